The van der Waals surface area contributed by atoms with Gasteiger partial charge in [-0.15, -0.1) is 0 Å². The average Bonchev–Trinajstić information content (AvgIpc) is 2.32. The molecule has 0 saturated carbocycles. The molecular weight excluding hydrogens is 210 g/mol. The second kappa shape index (κ2) is 7.28. The molecule has 1 aromatic heterocycles. The first-order valence-electron chi connectivity index (χ1n) is 6.57. The normalized spacial score (nSPS) is 17.4. The number of likely N-dealkylation sites (tertiary alicyclic amines) is 1. The Morgan fingerprint density at radius 2 is 1.88 bits per heavy atom. The third kappa shape index (κ3) is 4.73. The smallest absolute Gasteiger partial charge is 0.123 e. The van der Waals surface area contributed by atoms with E-state index in [-0.39, 0.29) is 0 Å². The van der Waals surface area contributed by atoms with Gasteiger partial charge in [0.2, 0.25) is 0 Å². The van der Waals surface area contributed by atoms with Crippen LogP contribution in [0.1, 0.15) is 44.6 Å². The number of anilines is 1. The van der Waals surface area contributed by atoms with Crippen LogP contribution in [-0.2, 0) is 0 Å². The summed E-state index contributed by atoms with van der Waals surface area (Å²) in [6.07, 6.45) is 5.65. The number of rotatable bonds is 1. The van der Waals surface area contributed by atoms with Gasteiger partial charge in [0.15, 0.2) is 0 Å². The quantitative estimate of drug-likeness (QED) is 0.814. The number of hydrogen-bond acceptors (Lipinski definition) is 3. The van der Waals surface area contributed by atoms with Gasteiger partial charge in [-0.05, 0) is 50.5 Å². The summed E-state index contributed by atoms with van der Waals surface area (Å²) in [4.78, 5) is 6.51. The van der Waals surface area contributed by atoms with E-state index in [2.05, 4.69) is 36.8 Å². The summed E-state index contributed by atoms with van der Waals surface area (Å²) >= 11 is 0. The first-order valence-corrected chi connectivity index (χ1v) is 6.57. The van der Waals surface area contributed by atoms with Crippen molar-refractivity contribution in [3.8, 4) is 0 Å². The molecule has 96 valence electrons. The number of hydrogen-bond donors (Lipinski definition) is 1. The van der Waals surface area contributed by atoms with Crippen LogP contribution in [0.4, 0.5) is 5.82 Å². The molecule has 0 amide bonds. The van der Waals surface area contributed by atoms with E-state index in [1.165, 1.54) is 37.9 Å². The van der Waals surface area contributed by atoms with Crippen LogP contribution in [0.15, 0.2) is 18.3 Å². The number of nitrogens with two attached hydrogens (primary N) is 1. The van der Waals surface area contributed by atoms with Gasteiger partial charge in [0.05, 0.1) is 0 Å². The Morgan fingerprint density at radius 3 is 2.35 bits per heavy atom. The van der Waals surface area contributed by atoms with Gasteiger partial charge in [0, 0.05) is 6.20 Å². The minimum absolute atomic E-state index is 0.613. The van der Waals surface area contributed by atoms with E-state index in [4.69, 9.17) is 5.73 Å². The molecule has 2 rings (SSSR count). The van der Waals surface area contributed by atoms with E-state index in [0.29, 0.717) is 11.7 Å². The zero-order valence-electron chi connectivity index (χ0n) is 11.3. The molecule has 0 atom stereocenters. The maximum atomic E-state index is 5.56. The van der Waals surface area contributed by atoms with Crippen LogP contribution in [0.5, 0.6) is 0 Å². The molecule has 0 radical (unpaired) electrons. The molecule has 0 unspecified atom stereocenters. The zero-order valence-corrected chi connectivity index (χ0v) is 11.3. The third-order valence-corrected chi connectivity index (χ3v) is 3.00. The van der Waals surface area contributed by atoms with Gasteiger partial charge in [-0.3, -0.25) is 0 Å². The Balaban J connectivity index is 0.000000437. The van der Waals surface area contributed by atoms with Crippen LogP contribution in [0.25, 0.3) is 0 Å². The zero-order chi connectivity index (χ0) is 12.7. The molecule has 1 aliphatic heterocycles. The number of aromatic nitrogens is 1. The van der Waals surface area contributed by atoms with E-state index < -0.39 is 0 Å². The molecule has 2 N–H and O–H groups in total. The van der Waals surface area contributed by atoms with Crippen LogP contribution in [0.2, 0.25) is 0 Å². The second-order valence-electron chi connectivity index (χ2n) is 4.80. The van der Waals surface area contributed by atoms with Gasteiger partial charge in [-0.25, -0.2) is 4.98 Å². The molecule has 0 spiro atoms. The number of pyridine rings is 1. The van der Waals surface area contributed by atoms with E-state index in [9.17, 15) is 0 Å². The summed E-state index contributed by atoms with van der Waals surface area (Å²) in [6, 6.07) is 4.01. The molecule has 0 bridgehead atoms. The SMILES string of the molecule is CCC.CN1CCC(c2ccc(N)nc2)CC1. The van der Waals surface area contributed by atoms with Crippen molar-refractivity contribution in [3.63, 3.8) is 0 Å². The van der Waals surface area contributed by atoms with Crippen LogP contribution < -0.4 is 5.73 Å². The van der Waals surface area contributed by atoms with Crippen LogP contribution in [0.3, 0.4) is 0 Å². The van der Waals surface area contributed by atoms with Gasteiger partial charge >= 0.3 is 0 Å². The summed E-state index contributed by atoms with van der Waals surface area (Å²) in [5.41, 5.74) is 6.90. The molecule has 17 heavy (non-hydrogen) atoms. The Hall–Kier alpha value is -1.09. The summed E-state index contributed by atoms with van der Waals surface area (Å²) < 4.78 is 0. The van der Waals surface area contributed by atoms with Crippen molar-refractivity contribution in [1.82, 2.24) is 9.88 Å². The molecule has 2 heterocycles. The summed E-state index contributed by atoms with van der Waals surface area (Å²) in [5, 5.41) is 0. The minimum atomic E-state index is 0.613. The Bertz CT molecular complexity index is 300. The Morgan fingerprint density at radius 1 is 1.29 bits per heavy atom. The molecule has 1 saturated heterocycles. The number of nitrogens with zero attached hydrogens (tertiary/aromatic N) is 2. The van der Waals surface area contributed by atoms with Crippen LogP contribution in [0, 0.1) is 0 Å². The molecule has 3 heteroatoms. The van der Waals surface area contributed by atoms with Crippen molar-refractivity contribution < 1.29 is 0 Å². The predicted octanol–water partition coefficient (Wildman–Crippen LogP) is 2.89. The van der Waals surface area contributed by atoms with Crippen LogP contribution >= 0.6 is 0 Å². The molecule has 1 aromatic rings. The minimum Gasteiger partial charge on any atom is -0.384 e. The Kier molecular flexibility index (Phi) is 5.98. The first-order chi connectivity index (χ1) is 8.17. The molecular formula is C14H25N3. The summed E-state index contributed by atoms with van der Waals surface area (Å²) in [5.74, 6) is 1.29. The lowest BCUT2D eigenvalue weighted by atomic mass is 9.91. The lowest BCUT2D eigenvalue weighted by molar-refractivity contribution is 0.255. The fourth-order valence-corrected chi connectivity index (χ4v) is 2.00. The third-order valence-electron chi connectivity index (χ3n) is 3.00. The van der Waals surface area contributed by atoms with E-state index in [0.717, 1.165) is 0 Å². The van der Waals surface area contributed by atoms with Gasteiger partial charge < -0.3 is 10.6 Å². The van der Waals surface area contributed by atoms with Gasteiger partial charge in [-0.1, -0.05) is 26.3 Å². The van der Waals surface area contributed by atoms with Gasteiger partial charge in [-0.2, -0.15) is 0 Å². The summed E-state index contributed by atoms with van der Waals surface area (Å²) in [6.45, 7) is 6.63. The first kappa shape index (κ1) is 14.0. The van der Waals surface area contributed by atoms with E-state index >= 15 is 0 Å². The highest BCUT2D eigenvalue weighted by molar-refractivity contribution is 5.30. The van der Waals surface area contributed by atoms with Crippen molar-refractivity contribution in [1.29, 1.82) is 0 Å². The standard InChI is InChI=1S/C11H17N3.C3H8/c1-14-6-4-9(5-7-14)10-2-3-11(12)13-8-10;1-3-2/h2-3,8-9H,4-7H2,1H3,(H2,12,13);3H2,1-2H3. The predicted molar refractivity (Wildman–Crippen MR) is 74.1 cm³/mol. The maximum Gasteiger partial charge on any atom is 0.123 e. The van der Waals surface area contributed by atoms with Crippen molar-refractivity contribution >= 4 is 5.82 Å². The lowest BCUT2D eigenvalue weighted by Gasteiger charge is -2.28. The van der Waals surface area contributed by atoms with Crippen LogP contribution in [-0.4, -0.2) is 30.0 Å². The van der Waals surface area contributed by atoms with E-state index in [1.54, 1.807) is 0 Å². The van der Waals surface area contributed by atoms with Crippen molar-refractivity contribution in [2.75, 3.05) is 25.9 Å². The van der Waals surface area contributed by atoms with Gasteiger partial charge in [0.25, 0.3) is 0 Å². The monoisotopic (exact) mass is 235 g/mol. The topological polar surface area (TPSA) is 42.1 Å². The number of piperidine rings is 1. The molecule has 3 nitrogen and oxygen atoms in total. The molecule has 0 aromatic carbocycles. The van der Waals surface area contributed by atoms with Crippen molar-refractivity contribution in [2.45, 2.75) is 39.0 Å². The number of nitrogen functional groups attached to an aromatic ring is 1. The Labute approximate surface area is 105 Å². The molecule has 1 fully saturated rings. The fraction of sp³-hybridized carbons (Fsp3) is 0.643. The van der Waals surface area contributed by atoms with Crippen molar-refractivity contribution in [2.24, 2.45) is 0 Å². The fourth-order valence-electron chi connectivity index (χ4n) is 2.00. The van der Waals surface area contributed by atoms with E-state index in [1.807, 2.05) is 12.3 Å². The maximum absolute atomic E-state index is 5.56. The summed E-state index contributed by atoms with van der Waals surface area (Å²) in [7, 11) is 2.18. The second-order valence-corrected chi connectivity index (χ2v) is 4.80. The molecule has 0 aliphatic carbocycles. The largest absolute Gasteiger partial charge is 0.384 e. The molecule has 1 aliphatic rings. The highest BCUT2D eigenvalue weighted by Gasteiger charge is 2.18. The average molecular weight is 235 g/mol. The highest BCUT2D eigenvalue weighted by atomic mass is 15.1. The van der Waals surface area contributed by atoms with Crippen molar-refractivity contribution in [3.05, 3.63) is 23.9 Å². The van der Waals surface area contributed by atoms with Gasteiger partial charge in [0.1, 0.15) is 5.82 Å². The highest BCUT2D eigenvalue weighted by Crippen LogP contribution is 2.26. The lowest BCUT2D eigenvalue weighted by Crippen LogP contribution is -2.29.